The molecule has 0 aliphatic carbocycles. The number of fused-ring (bicyclic) bond motifs is 1. The summed E-state index contributed by atoms with van der Waals surface area (Å²) in [7, 11) is 0. The summed E-state index contributed by atoms with van der Waals surface area (Å²) < 4.78 is 15.4. The van der Waals surface area contributed by atoms with Gasteiger partial charge in [0.05, 0.1) is 22.4 Å². The molecule has 5 aromatic rings. The topological polar surface area (TPSA) is 43.6 Å². The van der Waals surface area contributed by atoms with Gasteiger partial charge in [-0.3, -0.25) is 0 Å². The maximum Gasteiger partial charge on any atom is 2.00 e. The molecule has 4 nitrogen and oxygen atoms in total. The van der Waals surface area contributed by atoms with Crippen LogP contribution in [0.5, 0.6) is 0 Å². The zero-order valence-electron chi connectivity index (χ0n) is 17.5. The predicted octanol–water partition coefficient (Wildman–Crippen LogP) is 5.55. The zero-order chi connectivity index (χ0) is 21.4. The summed E-state index contributed by atoms with van der Waals surface area (Å²) in [5, 5.41) is 5.82. The van der Waals surface area contributed by atoms with Crippen LogP contribution >= 0.6 is 0 Å². The van der Waals surface area contributed by atoms with Crippen molar-refractivity contribution in [2.45, 2.75) is 19.3 Å². The maximum absolute atomic E-state index is 13.8. The summed E-state index contributed by atoms with van der Waals surface area (Å²) in [6.45, 7) is 4.19. The number of halogens is 1. The predicted molar refractivity (Wildman–Crippen MR) is 118 cm³/mol. The van der Waals surface area contributed by atoms with Crippen molar-refractivity contribution >= 4 is 10.9 Å². The number of nitrogens with zero attached hydrogens (tertiary/aromatic N) is 4. The Morgan fingerprint density at radius 3 is 2.44 bits per heavy atom. The van der Waals surface area contributed by atoms with Crippen molar-refractivity contribution in [3.8, 4) is 17.1 Å². The Kier molecular flexibility index (Phi) is 6.03. The van der Waals surface area contributed by atoms with Crippen LogP contribution in [0.4, 0.5) is 4.39 Å². The second-order valence-electron chi connectivity index (χ2n) is 7.82. The van der Waals surface area contributed by atoms with Crippen LogP contribution in [0.1, 0.15) is 25.2 Å². The van der Waals surface area contributed by atoms with Crippen LogP contribution in [-0.2, 0) is 26.5 Å². The molecule has 0 aliphatic rings. The summed E-state index contributed by atoms with van der Waals surface area (Å²) in [6.07, 6.45) is 0. The molecule has 32 heavy (non-hydrogen) atoms. The Morgan fingerprint density at radius 2 is 1.66 bits per heavy atom. The van der Waals surface area contributed by atoms with Crippen molar-refractivity contribution in [1.82, 2.24) is 19.7 Å². The molecule has 5 rings (SSSR count). The second-order valence-corrected chi connectivity index (χ2v) is 7.82. The Balaban J connectivity index is 0.00000245. The second kappa shape index (κ2) is 8.76. The Hall–Kier alpha value is -3.17. The number of aromatic nitrogens is 4. The third-order valence-electron chi connectivity index (χ3n) is 5.40. The van der Waals surface area contributed by atoms with Gasteiger partial charge in [0.2, 0.25) is 0 Å². The van der Waals surface area contributed by atoms with Gasteiger partial charge in [-0.05, 0) is 31.7 Å². The van der Waals surface area contributed by atoms with Crippen molar-refractivity contribution in [1.29, 1.82) is 0 Å². The molecule has 0 bridgehead atoms. The van der Waals surface area contributed by atoms with Gasteiger partial charge in [-0.25, -0.2) is 26.2 Å². The van der Waals surface area contributed by atoms with Crippen LogP contribution in [0, 0.1) is 18.1 Å². The molecule has 0 atom stereocenters. The summed E-state index contributed by atoms with van der Waals surface area (Å²) in [5.74, 6) is -0.249. The average Bonchev–Trinajstić information content (AvgIpc) is 3.20. The van der Waals surface area contributed by atoms with Crippen LogP contribution in [0.25, 0.3) is 28.0 Å². The van der Waals surface area contributed by atoms with Crippen molar-refractivity contribution in [3.63, 3.8) is 0 Å². The molecule has 0 fully saturated rings. The molecule has 160 valence electrons. The third kappa shape index (κ3) is 3.89. The van der Waals surface area contributed by atoms with Gasteiger partial charge in [-0.1, -0.05) is 30.3 Å². The molecule has 0 saturated carbocycles. The Bertz CT molecular complexity index is 1380. The fourth-order valence-electron chi connectivity index (χ4n) is 3.76. The first-order valence-electron chi connectivity index (χ1n) is 10.0. The molecule has 6 heteroatoms. The van der Waals surface area contributed by atoms with Gasteiger partial charge in [0.1, 0.15) is 5.95 Å². The van der Waals surface area contributed by atoms with E-state index in [1.165, 1.54) is 12.1 Å². The monoisotopic (exact) mass is 601 g/mol. The fraction of sp³-hybridized carbons (Fsp3) is 0.115. The maximum atomic E-state index is 13.8. The number of para-hydroxylation sites is 1. The number of hydrogen-bond donors (Lipinski definition) is 0. The zero-order valence-corrected chi connectivity index (χ0v) is 19.8. The first-order valence-corrected chi connectivity index (χ1v) is 10.0. The van der Waals surface area contributed by atoms with E-state index in [0.717, 1.165) is 33.5 Å². The van der Waals surface area contributed by atoms with Crippen molar-refractivity contribution < 1.29 is 25.5 Å². The van der Waals surface area contributed by atoms with Crippen molar-refractivity contribution in [3.05, 3.63) is 108 Å². The molecule has 2 aromatic carbocycles. The summed E-state index contributed by atoms with van der Waals surface area (Å²) in [6, 6.07) is 30.7. The number of rotatable bonds is 4. The molecule has 0 aliphatic heterocycles. The van der Waals surface area contributed by atoms with Crippen molar-refractivity contribution in [2.75, 3.05) is 0 Å². The van der Waals surface area contributed by atoms with Crippen LogP contribution < -0.4 is 0 Å². The van der Waals surface area contributed by atoms with Gasteiger partial charge in [-0.15, -0.1) is 35.9 Å². The normalized spacial score (nSPS) is 11.3. The van der Waals surface area contributed by atoms with E-state index in [2.05, 4.69) is 31.0 Å². The average molecular weight is 602 g/mol. The molecular weight excluding hydrogens is 582 g/mol. The van der Waals surface area contributed by atoms with Gasteiger partial charge >= 0.3 is 21.1 Å². The first kappa shape index (κ1) is 22.0. The largest absolute Gasteiger partial charge is 2.00 e. The van der Waals surface area contributed by atoms with Crippen LogP contribution in [0.3, 0.4) is 0 Å². The number of benzene rings is 2. The first-order chi connectivity index (χ1) is 15.0. The van der Waals surface area contributed by atoms with Gasteiger partial charge in [0.25, 0.3) is 0 Å². The SMILES string of the molecule is CC(C)(c1cccc(-c2[c-]cccc2)n1)c1nn(-c2[c-]ccc(F)n2)c2ccccc12.[Pt+2]. The van der Waals surface area contributed by atoms with Crippen LogP contribution in [0.2, 0.25) is 0 Å². The van der Waals surface area contributed by atoms with E-state index >= 15 is 0 Å². The minimum Gasteiger partial charge on any atom is -0.300 e. The van der Waals surface area contributed by atoms with E-state index in [4.69, 9.17) is 10.1 Å². The molecule has 0 unspecified atom stereocenters. The van der Waals surface area contributed by atoms with E-state index in [-0.39, 0.29) is 21.1 Å². The standard InChI is InChI=1S/C26H19FN4.Pt/c1-26(2,22-15-8-13-20(28-22)18-10-4-3-5-11-18)25-19-12-6-7-14-21(19)31(30-25)24-17-9-16-23(27)29-24;/h3-10,12-16H,1-2H3;/q-2;+2. The van der Waals surface area contributed by atoms with Gasteiger partial charge in [0.15, 0.2) is 0 Å². The van der Waals surface area contributed by atoms with Crippen LogP contribution in [-0.4, -0.2) is 19.7 Å². The summed E-state index contributed by atoms with van der Waals surface area (Å²) >= 11 is 0. The van der Waals surface area contributed by atoms with Gasteiger partial charge < -0.3 is 4.98 Å². The van der Waals surface area contributed by atoms with Gasteiger partial charge in [0, 0.05) is 11.1 Å². The van der Waals surface area contributed by atoms with Crippen LogP contribution in [0.15, 0.2) is 78.9 Å². The molecular formula is C26H19FN4Pt. The quantitative estimate of drug-likeness (QED) is 0.201. The van der Waals surface area contributed by atoms with E-state index in [9.17, 15) is 4.39 Å². The molecule has 0 N–H and O–H groups in total. The Labute approximate surface area is 200 Å². The molecule has 0 amide bonds. The van der Waals surface area contributed by atoms with E-state index in [0.29, 0.717) is 5.82 Å². The smallest absolute Gasteiger partial charge is 0.300 e. The van der Waals surface area contributed by atoms with E-state index in [1.807, 2.05) is 66.7 Å². The van der Waals surface area contributed by atoms with E-state index in [1.54, 1.807) is 4.68 Å². The fourth-order valence-corrected chi connectivity index (χ4v) is 3.76. The minimum atomic E-state index is -0.567. The Morgan fingerprint density at radius 1 is 0.844 bits per heavy atom. The molecule has 3 aromatic heterocycles. The summed E-state index contributed by atoms with van der Waals surface area (Å²) in [4.78, 5) is 8.90. The summed E-state index contributed by atoms with van der Waals surface area (Å²) in [5.41, 5.74) is 3.85. The number of pyridine rings is 2. The number of hydrogen-bond acceptors (Lipinski definition) is 3. The molecule has 3 heterocycles. The molecule has 0 spiro atoms. The molecule has 0 radical (unpaired) electrons. The molecule has 0 saturated heterocycles. The van der Waals surface area contributed by atoms with Gasteiger partial charge in [-0.2, -0.15) is 11.2 Å². The van der Waals surface area contributed by atoms with E-state index < -0.39 is 11.4 Å². The minimum absolute atomic E-state index is 0. The van der Waals surface area contributed by atoms with Crippen molar-refractivity contribution in [2.24, 2.45) is 0 Å². The third-order valence-corrected chi connectivity index (χ3v) is 5.40.